The number of rotatable bonds is 7. The second-order valence-electron chi connectivity index (χ2n) is 8.07. The number of hydrogen-bond donors (Lipinski definition) is 1. The standard InChI is InChI=1S/C15H25O4P.C4H11N/c1-14(2,3)11-15(4,5)12-7-9-13(10-8-12)19-20(16,17)18-6;1-2-3-4-5/h7-10H,11H2,1-6H3,(H,16,17);2-5H2,1H3. The molecule has 3 N–H and O–H groups in total. The van der Waals surface area contributed by atoms with Crippen molar-refractivity contribution in [1.82, 2.24) is 0 Å². The number of phosphoric ester groups is 1. The van der Waals surface area contributed by atoms with Gasteiger partial charge in [-0.25, -0.2) is 0 Å². The maximum Gasteiger partial charge on any atom is 0.319 e. The molecule has 0 aliphatic heterocycles. The van der Waals surface area contributed by atoms with Crippen molar-refractivity contribution < 1.29 is 24.2 Å². The summed E-state index contributed by atoms with van der Waals surface area (Å²) in [4.78, 5) is 11.2. The minimum absolute atomic E-state index is 0.0131. The van der Waals surface area contributed by atoms with Gasteiger partial charge < -0.3 is 19.7 Å². The molecule has 0 fully saturated rings. The Labute approximate surface area is 153 Å². The molecular formula is C19H36NO4P. The van der Waals surface area contributed by atoms with Crippen molar-refractivity contribution >= 4 is 7.82 Å². The topological polar surface area (TPSA) is 86.2 Å². The smallest absolute Gasteiger partial charge is 0.319 e. The van der Waals surface area contributed by atoms with E-state index in [9.17, 15) is 9.46 Å². The van der Waals surface area contributed by atoms with Crippen LogP contribution in [0, 0.1) is 5.41 Å². The van der Waals surface area contributed by atoms with E-state index in [0.717, 1.165) is 25.6 Å². The van der Waals surface area contributed by atoms with Crippen LogP contribution in [0.1, 0.15) is 66.4 Å². The zero-order chi connectivity index (χ0) is 19.7. The van der Waals surface area contributed by atoms with Gasteiger partial charge in [-0.2, -0.15) is 0 Å². The molecule has 0 spiro atoms. The highest BCUT2D eigenvalue weighted by Gasteiger charge is 2.27. The lowest BCUT2D eigenvalue weighted by molar-refractivity contribution is -0.368. The Morgan fingerprint density at radius 1 is 1.12 bits per heavy atom. The van der Waals surface area contributed by atoms with E-state index in [1.54, 1.807) is 12.1 Å². The zero-order valence-corrected chi connectivity index (χ0v) is 17.8. The first kappa shape index (κ1) is 24.1. The Bertz CT molecular complexity index is 533. The van der Waals surface area contributed by atoms with E-state index in [1.165, 1.54) is 12.8 Å². The second kappa shape index (κ2) is 10.3. The van der Waals surface area contributed by atoms with Crippen molar-refractivity contribution in [2.45, 2.75) is 66.2 Å². The molecular weight excluding hydrogens is 337 g/mol. The molecule has 0 saturated heterocycles. The summed E-state index contributed by atoms with van der Waals surface area (Å²) >= 11 is 0. The van der Waals surface area contributed by atoms with Crippen molar-refractivity contribution in [3.63, 3.8) is 0 Å². The van der Waals surface area contributed by atoms with Crippen LogP contribution in [-0.4, -0.2) is 13.7 Å². The fraction of sp³-hybridized carbons (Fsp3) is 0.684. The molecule has 0 bridgehead atoms. The number of phosphoric acid groups is 1. The minimum Gasteiger partial charge on any atom is -0.746 e. The molecule has 1 aromatic carbocycles. The van der Waals surface area contributed by atoms with Crippen LogP contribution < -0.4 is 15.2 Å². The number of quaternary nitrogens is 1. The van der Waals surface area contributed by atoms with E-state index in [-0.39, 0.29) is 16.6 Å². The van der Waals surface area contributed by atoms with Gasteiger partial charge >= 0.3 is 7.82 Å². The SMILES string of the molecule is CCCC[NH3+].COP(=O)([O-])Oc1ccc(C(C)(C)CC(C)(C)C)cc1. The summed E-state index contributed by atoms with van der Waals surface area (Å²) in [6.07, 6.45) is 3.59. The lowest BCUT2D eigenvalue weighted by Gasteiger charge is -2.33. The van der Waals surface area contributed by atoms with E-state index < -0.39 is 7.82 Å². The lowest BCUT2D eigenvalue weighted by Crippen LogP contribution is -2.49. The van der Waals surface area contributed by atoms with E-state index in [2.05, 4.69) is 51.8 Å². The first-order valence-corrected chi connectivity index (χ1v) is 10.3. The third-order valence-corrected chi connectivity index (χ3v) is 4.53. The van der Waals surface area contributed by atoms with Gasteiger partial charge in [0.2, 0.25) is 0 Å². The van der Waals surface area contributed by atoms with Crippen LogP contribution in [0.4, 0.5) is 0 Å². The molecule has 0 saturated carbocycles. The minimum atomic E-state index is -4.23. The van der Waals surface area contributed by atoms with Gasteiger partial charge in [0.15, 0.2) is 0 Å². The third-order valence-electron chi connectivity index (χ3n) is 3.65. The first-order valence-electron chi connectivity index (χ1n) is 8.83. The predicted molar refractivity (Wildman–Crippen MR) is 101 cm³/mol. The molecule has 0 heterocycles. The van der Waals surface area contributed by atoms with Crippen molar-refractivity contribution in [2.24, 2.45) is 5.41 Å². The number of benzene rings is 1. The summed E-state index contributed by atoms with van der Waals surface area (Å²) < 4.78 is 20.3. The van der Waals surface area contributed by atoms with Gasteiger partial charge in [0.05, 0.1) is 6.54 Å². The molecule has 146 valence electrons. The van der Waals surface area contributed by atoms with Crippen LogP contribution >= 0.6 is 7.82 Å². The molecule has 1 unspecified atom stereocenters. The zero-order valence-electron chi connectivity index (χ0n) is 16.9. The van der Waals surface area contributed by atoms with Gasteiger partial charge in [-0.05, 0) is 41.4 Å². The Morgan fingerprint density at radius 3 is 1.96 bits per heavy atom. The van der Waals surface area contributed by atoms with Gasteiger partial charge in [0, 0.05) is 7.11 Å². The Balaban J connectivity index is 0.00000101. The highest BCUT2D eigenvalue weighted by atomic mass is 31.2. The van der Waals surface area contributed by atoms with Crippen LogP contribution in [0.5, 0.6) is 5.75 Å². The molecule has 1 rings (SSSR count). The average Bonchev–Trinajstić information content (AvgIpc) is 2.46. The van der Waals surface area contributed by atoms with Crippen molar-refractivity contribution in [1.29, 1.82) is 0 Å². The normalized spacial score (nSPS) is 14.3. The molecule has 1 atom stereocenters. The summed E-state index contributed by atoms with van der Waals surface area (Å²) in [5.74, 6) is 0.264. The Kier molecular flexibility index (Phi) is 9.96. The summed E-state index contributed by atoms with van der Waals surface area (Å²) in [6, 6.07) is 7.11. The van der Waals surface area contributed by atoms with Crippen LogP contribution in [0.2, 0.25) is 0 Å². The van der Waals surface area contributed by atoms with E-state index >= 15 is 0 Å². The Morgan fingerprint density at radius 2 is 1.64 bits per heavy atom. The highest BCUT2D eigenvalue weighted by Crippen LogP contribution is 2.40. The molecule has 5 nitrogen and oxygen atoms in total. The molecule has 0 aliphatic rings. The lowest BCUT2D eigenvalue weighted by atomic mass is 9.72. The molecule has 0 amide bonds. The van der Waals surface area contributed by atoms with Crippen LogP contribution in [0.3, 0.4) is 0 Å². The molecule has 0 aromatic heterocycles. The average molecular weight is 373 g/mol. The molecule has 0 aliphatic carbocycles. The van der Waals surface area contributed by atoms with Gasteiger partial charge in [-0.3, -0.25) is 4.57 Å². The van der Waals surface area contributed by atoms with Crippen LogP contribution in [-0.2, 0) is 14.5 Å². The third kappa shape index (κ3) is 10.7. The van der Waals surface area contributed by atoms with Gasteiger partial charge in [0.1, 0.15) is 5.75 Å². The van der Waals surface area contributed by atoms with Gasteiger partial charge in [-0.15, -0.1) is 0 Å². The van der Waals surface area contributed by atoms with E-state index in [1.807, 2.05) is 12.1 Å². The van der Waals surface area contributed by atoms with Crippen LogP contribution in [0.25, 0.3) is 0 Å². The van der Waals surface area contributed by atoms with Crippen molar-refractivity contribution in [3.8, 4) is 5.75 Å². The predicted octanol–water partition coefficient (Wildman–Crippen LogP) is 3.92. The largest absolute Gasteiger partial charge is 0.746 e. The van der Waals surface area contributed by atoms with E-state index in [4.69, 9.17) is 4.52 Å². The number of hydrogen-bond acceptors (Lipinski definition) is 4. The summed E-state index contributed by atoms with van der Waals surface area (Å²) in [7, 11) is -3.16. The fourth-order valence-electron chi connectivity index (χ4n) is 2.81. The number of unbranched alkanes of at least 4 members (excludes halogenated alkanes) is 1. The second-order valence-corrected chi connectivity index (χ2v) is 9.52. The molecule has 6 heteroatoms. The van der Waals surface area contributed by atoms with E-state index in [0.29, 0.717) is 0 Å². The monoisotopic (exact) mass is 373 g/mol. The summed E-state index contributed by atoms with van der Waals surface area (Å²) in [5.41, 5.74) is 5.06. The Hall–Kier alpha value is -0.870. The fourth-order valence-corrected chi connectivity index (χ4v) is 3.27. The van der Waals surface area contributed by atoms with Gasteiger partial charge in [-0.1, -0.05) is 60.1 Å². The molecule has 1 aromatic rings. The van der Waals surface area contributed by atoms with Gasteiger partial charge in [0.25, 0.3) is 0 Å². The quantitative estimate of drug-likeness (QED) is 0.734. The van der Waals surface area contributed by atoms with Crippen molar-refractivity contribution in [3.05, 3.63) is 29.8 Å². The first-order chi connectivity index (χ1) is 11.4. The maximum absolute atomic E-state index is 11.2. The molecule has 0 radical (unpaired) electrons. The highest BCUT2D eigenvalue weighted by molar-refractivity contribution is 7.46. The van der Waals surface area contributed by atoms with Crippen LogP contribution in [0.15, 0.2) is 24.3 Å². The summed E-state index contributed by atoms with van der Waals surface area (Å²) in [5, 5.41) is 0. The molecule has 25 heavy (non-hydrogen) atoms. The van der Waals surface area contributed by atoms with Crippen molar-refractivity contribution in [2.75, 3.05) is 13.7 Å². The summed E-state index contributed by atoms with van der Waals surface area (Å²) in [6.45, 7) is 14.3. The maximum atomic E-state index is 11.2.